The molecule has 2 N–H and O–H groups in total. The van der Waals surface area contributed by atoms with E-state index in [9.17, 15) is 9.59 Å². The van der Waals surface area contributed by atoms with Crippen molar-refractivity contribution in [2.45, 2.75) is 43.7 Å². The number of halogens is 2. The van der Waals surface area contributed by atoms with E-state index in [2.05, 4.69) is 26.6 Å². The zero-order valence-corrected chi connectivity index (χ0v) is 17.0. The summed E-state index contributed by atoms with van der Waals surface area (Å²) in [6.07, 6.45) is 3.41. The molecule has 27 heavy (non-hydrogen) atoms. The van der Waals surface area contributed by atoms with Crippen LogP contribution in [0.2, 0.25) is 5.02 Å². The highest BCUT2D eigenvalue weighted by Gasteiger charge is 2.33. The van der Waals surface area contributed by atoms with Crippen LogP contribution in [0.1, 0.15) is 47.9 Å². The highest BCUT2D eigenvalue weighted by atomic mass is 79.9. The second-order valence-corrected chi connectivity index (χ2v) is 8.55. The Labute approximate surface area is 171 Å². The molecule has 0 bridgehead atoms. The molecule has 2 aromatic carbocycles. The van der Waals surface area contributed by atoms with E-state index in [1.54, 1.807) is 0 Å². The van der Waals surface area contributed by atoms with Gasteiger partial charge in [0.2, 0.25) is 0 Å². The Kier molecular flexibility index (Phi) is 5.24. The van der Waals surface area contributed by atoms with Gasteiger partial charge in [0.25, 0.3) is 0 Å². The molecule has 140 valence electrons. The maximum atomic E-state index is 12.3. The van der Waals surface area contributed by atoms with Crippen LogP contribution in [0, 0.1) is 0 Å². The third-order valence-corrected chi connectivity index (χ3v) is 6.53. The van der Waals surface area contributed by atoms with Crippen LogP contribution in [0.5, 0.6) is 0 Å². The highest BCUT2D eigenvalue weighted by Crippen LogP contribution is 2.37. The van der Waals surface area contributed by atoms with Crippen LogP contribution in [-0.2, 0) is 16.0 Å². The van der Waals surface area contributed by atoms with Gasteiger partial charge in [0.15, 0.2) is 0 Å². The van der Waals surface area contributed by atoms with Crippen molar-refractivity contribution >= 4 is 39.3 Å². The van der Waals surface area contributed by atoms with E-state index in [-0.39, 0.29) is 12.1 Å². The Morgan fingerprint density at radius 3 is 2.44 bits per heavy atom. The smallest absolute Gasteiger partial charge is 0.309 e. The lowest BCUT2D eigenvalue weighted by atomic mass is 9.76. The molecule has 1 unspecified atom stereocenters. The van der Waals surface area contributed by atoms with Crippen LogP contribution in [0.15, 0.2) is 46.9 Å². The number of nitrogens with one attached hydrogen (secondary N) is 2. The van der Waals surface area contributed by atoms with Gasteiger partial charge in [-0.25, -0.2) is 0 Å². The summed E-state index contributed by atoms with van der Waals surface area (Å²) < 4.78 is 1.06. The first kappa shape index (κ1) is 18.5. The topological polar surface area (TPSA) is 58.2 Å². The number of carbonyl (C=O) groups excluding carboxylic acids is 2. The summed E-state index contributed by atoms with van der Waals surface area (Å²) in [7, 11) is 0. The number of carbonyl (C=O) groups is 2. The van der Waals surface area contributed by atoms with Crippen LogP contribution in [-0.4, -0.2) is 17.9 Å². The first-order valence-corrected chi connectivity index (χ1v) is 10.3. The van der Waals surface area contributed by atoms with Gasteiger partial charge in [-0.1, -0.05) is 51.8 Å². The van der Waals surface area contributed by atoms with Crippen molar-refractivity contribution < 1.29 is 9.59 Å². The maximum Gasteiger partial charge on any atom is 0.309 e. The minimum absolute atomic E-state index is 0.0499. The maximum absolute atomic E-state index is 12.3. The fourth-order valence-corrected chi connectivity index (χ4v) is 4.68. The van der Waals surface area contributed by atoms with Gasteiger partial charge in [-0.15, -0.1) is 0 Å². The lowest BCUT2D eigenvalue weighted by molar-refractivity contribution is -0.140. The van der Waals surface area contributed by atoms with Crippen LogP contribution < -0.4 is 10.6 Å². The van der Waals surface area contributed by atoms with E-state index in [1.165, 1.54) is 11.1 Å². The first-order valence-electron chi connectivity index (χ1n) is 9.15. The summed E-state index contributed by atoms with van der Waals surface area (Å²) in [5.41, 5.74) is 3.53. The molecular formula is C21H20BrClN2O2. The van der Waals surface area contributed by atoms with Crippen molar-refractivity contribution in [3.63, 3.8) is 0 Å². The lowest BCUT2D eigenvalue weighted by Crippen LogP contribution is -2.49. The predicted octanol–water partition coefficient (Wildman–Crippen LogP) is 4.27. The molecule has 0 radical (unpaired) electrons. The van der Waals surface area contributed by atoms with Gasteiger partial charge in [-0.05, 0) is 66.5 Å². The highest BCUT2D eigenvalue weighted by molar-refractivity contribution is 9.10. The van der Waals surface area contributed by atoms with Gasteiger partial charge in [-0.3, -0.25) is 9.59 Å². The SMILES string of the molecule is O=C(NC1CC(c2ccc(Cl)cc2)C1)C(=O)NC1CCc2c(Br)cccc21. The fourth-order valence-electron chi connectivity index (χ4n) is 3.98. The van der Waals surface area contributed by atoms with Gasteiger partial charge in [0, 0.05) is 15.5 Å². The number of amides is 2. The van der Waals surface area contributed by atoms with E-state index in [4.69, 9.17) is 11.6 Å². The zero-order chi connectivity index (χ0) is 19.0. The van der Waals surface area contributed by atoms with Crippen molar-refractivity contribution in [3.8, 4) is 0 Å². The molecule has 2 aliphatic rings. The summed E-state index contributed by atoms with van der Waals surface area (Å²) in [5, 5.41) is 6.45. The second kappa shape index (κ2) is 7.64. The Bertz CT molecular complexity index is 878. The van der Waals surface area contributed by atoms with Crippen molar-refractivity contribution in [1.29, 1.82) is 0 Å². The molecule has 0 heterocycles. The van der Waals surface area contributed by atoms with E-state index in [0.717, 1.165) is 40.7 Å². The molecule has 1 saturated carbocycles. The van der Waals surface area contributed by atoms with E-state index >= 15 is 0 Å². The Balaban J connectivity index is 1.28. The molecule has 4 rings (SSSR count). The molecule has 0 aliphatic heterocycles. The molecule has 6 heteroatoms. The number of rotatable bonds is 3. The largest absolute Gasteiger partial charge is 0.345 e. The van der Waals surface area contributed by atoms with Crippen LogP contribution >= 0.6 is 27.5 Å². The number of fused-ring (bicyclic) bond motifs is 1. The van der Waals surface area contributed by atoms with E-state index in [0.29, 0.717) is 5.92 Å². The molecule has 0 spiro atoms. The number of benzene rings is 2. The summed E-state index contributed by atoms with van der Waals surface area (Å²) in [6.45, 7) is 0. The molecule has 0 saturated heterocycles. The Morgan fingerprint density at radius 1 is 1.00 bits per heavy atom. The monoisotopic (exact) mass is 446 g/mol. The lowest BCUT2D eigenvalue weighted by Gasteiger charge is -2.36. The Morgan fingerprint density at radius 2 is 1.70 bits per heavy atom. The molecule has 1 atom stereocenters. The molecule has 1 fully saturated rings. The van der Waals surface area contributed by atoms with Gasteiger partial charge in [-0.2, -0.15) is 0 Å². The summed E-state index contributed by atoms with van der Waals surface area (Å²) in [5.74, 6) is -0.685. The second-order valence-electron chi connectivity index (χ2n) is 7.26. The van der Waals surface area contributed by atoms with Crippen molar-refractivity contribution in [2.24, 2.45) is 0 Å². The summed E-state index contributed by atoms with van der Waals surface area (Å²) >= 11 is 9.46. The third kappa shape index (κ3) is 3.90. The van der Waals surface area contributed by atoms with E-state index < -0.39 is 11.8 Å². The number of hydrogen-bond acceptors (Lipinski definition) is 2. The standard InChI is InChI=1S/C21H20BrClN2O2/c22-18-3-1-2-17-16(18)8-9-19(17)25-21(27)20(26)24-15-10-13(11-15)12-4-6-14(23)7-5-12/h1-7,13,15,19H,8-11H2,(H,24,26)(H,25,27). The van der Waals surface area contributed by atoms with Gasteiger partial charge in [0.1, 0.15) is 0 Å². The van der Waals surface area contributed by atoms with Gasteiger partial charge in [0.05, 0.1) is 6.04 Å². The third-order valence-electron chi connectivity index (χ3n) is 5.54. The molecule has 4 nitrogen and oxygen atoms in total. The summed E-state index contributed by atoms with van der Waals surface area (Å²) in [4.78, 5) is 24.6. The first-order chi connectivity index (χ1) is 13.0. The zero-order valence-electron chi connectivity index (χ0n) is 14.7. The molecule has 2 amide bonds. The van der Waals surface area contributed by atoms with Crippen molar-refractivity contribution in [3.05, 3.63) is 68.7 Å². The average Bonchev–Trinajstić information content (AvgIpc) is 3.03. The van der Waals surface area contributed by atoms with Crippen molar-refractivity contribution in [2.75, 3.05) is 0 Å². The molecular weight excluding hydrogens is 428 g/mol. The van der Waals surface area contributed by atoms with Gasteiger partial charge < -0.3 is 10.6 Å². The Hall–Kier alpha value is -1.85. The van der Waals surface area contributed by atoms with Crippen molar-refractivity contribution in [1.82, 2.24) is 10.6 Å². The van der Waals surface area contributed by atoms with E-state index in [1.807, 2.05) is 42.5 Å². The average molecular weight is 448 g/mol. The summed E-state index contributed by atoms with van der Waals surface area (Å²) in [6, 6.07) is 13.7. The quantitative estimate of drug-likeness (QED) is 0.691. The van der Waals surface area contributed by atoms with Crippen LogP contribution in [0.25, 0.3) is 0 Å². The minimum atomic E-state index is -0.553. The minimum Gasteiger partial charge on any atom is -0.345 e. The normalized spacial score (nSPS) is 23.3. The molecule has 2 aliphatic carbocycles. The molecule has 0 aromatic heterocycles. The predicted molar refractivity (Wildman–Crippen MR) is 109 cm³/mol. The van der Waals surface area contributed by atoms with Gasteiger partial charge >= 0.3 is 11.8 Å². The molecule has 2 aromatic rings. The fraction of sp³-hybridized carbons (Fsp3) is 0.333. The van der Waals surface area contributed by atoms with Crippen LogP contribution in [0.3, 0.4) is 0 Å². The van der Waals surface area contributed by atoms with Crippen LogP contribution in [0.4, 0.5) is 0 Å². The number of hydrogen-bond donors (Lipinski definition) is 2.